The van der Waals surface area contributed by atoms with Crippen LogP contribution in [0.25, 0.3) is 0 Å². The van der Waals surface area contributed by atoms with Crippen molar-refractivity contribution in [2.75, 3.05) is 5.73 Å². The number of aromatic nitrogens is 1. The van der Waals surface area contributed by atoms with Gasteiger partial charge >= 0.3 is 0 Å². The zero-order valence-corrected chi connectivity index (χ0v) is 9.73. The molecule has 2 saturated carbocycles. The summed E-state index contributed by atoms with van der Waals surface area (Å²) in [6.07, 6.45) is 6.62. The maximum absolute atomic E-state index is 12.1. The molecule has 1 heterocycles. The molecule has 3 atom stereocenters. The molecule has 1 aromatic rings. The summed E-state index contributed by atoms with van der Waals surface area (Å²) in [5.74, 6) is 1.75. The number of amides is 1. The van der Waals surface area contributed by atoms with Gasteiger partial charge < -0.3 is 11.1 Å². The van der Waals surface area contributed by atoms with Gasteiger partial charge in [0.15, 0.2) is 0 Å². The highest BCUT2D eigenvalue weighted by molar-refractivity contribution is 5.98. The van der Waals surface area contributed by atoms with Crippen LogP contribution in [0.2, 0.25) is 0 Å². The number of pyridine rings is 1. The number of anilines is 1. The Hall–Kier alpha value is -1.58. The van der Waals surface area contributed by atoms with E-state index in [4.69, 9.17) is 5.73 Å². The van der Waals surface area contributed by atoms with Crippen molar-refractivity contribution < 1.29 is 4.79 Å². The van der Waals surface area contributed by atoms with Gasteiger partial charge in [-0.25, -0.2) is 4.98 Å². The van der Waals surface area contributed by atoms with Crippen LogP contribution in [-0.4, -0.2) is 16.9 Å². The number of rotatable bonds is 2. The zero-order chi connectivity index (χ0) is 11.8. The summed E-state index contributed by atoms with van der Waals surface area (Å²) in [4.78, 5) is 16.0. The Labute approximate surface area is 101 Å². The lowest BCUT2D eigenvalue weighted by Gasteiger charge is -2.23. The van der Waals surface area contributed by atoms with Gasteiger partial charge in [0, 0.05) is 12.2 Å². The number of hydrogen-bond acceptors (Lipinski definition) is 3. The van der Waals surface area contributed by atoms with E-state index in [9.17, 15) is 4.79 Å². The summed E-state index contributed by atoms with van der Waals surface area (Å²) in [5.41, 5.74) is 6.20. The average Bonchev–Trinajstić information content (AvgIpc) is 2.91. The Morgan fingerprint density at radius 1 is 1.41 bits per heavy atom. The Kier molecular flexibility index (Phi) is 2.50. The lowest BCUT2D eigenvalue weighted by Crippen LogP contribution is -2.38. The fraction of sp³-hybridized carbons (Fsp3) is 0.538. The number of nitrogens with two attached hydrogens (primary N) is 1. The third-order valence-electron chi connectivity index (χ3n) is 4.14. The molecule has 4 heteroatoms. The predicted octanol–water partition coefficient (Wildman–Crippen LogP) is 1.58. The number of fused-ring (bicyclic) bond motifs is 2. The Morgan fingerprint density at radius 3 is 2.94 bits per heavy atom. The van der Waals surface area contributed by atoms with Crippen molar-refractivity contribution in [1.82, 2.24) is 10.3 Å². The molecule has 0 spiro atoms. The highest BCUT2D eigenvalue weighted by Gasteiger charge is 2.40. The molecule has 90 valence electrons. The second kappa shape index (κ2) is 4.02. The van der Waals surface area contributed by atoms with Gasteiger partial charge in [-0.2, -0.15) is 0 Å². The van der Waals surface area contributed by atoms with Crippen LogP contribution in [0, 0.1) is 11.8 Å². The van der Waals surface area contributed by atoms with Crippen molar-refractivity contribution in [3.05, 3.63) is 23.9 Å². The molecule has 2 aliphatic carbocycles. The fourth-order valence-electron chi connectivity index (χ4n) is 3.28. The minimum Gasteiger partial charge on any atom is -0.383 e. The summed E-state index contributed by atoms with van der Waals surface area (Å²) in [6.45, 7) is 0. The topological polar surface area (TPSA) is 68.0 Å². The van der Waals surface area contributed by atoms with E-state index in [0.29, 0.717) is 23.3 Å². The first-order chi connectivity index (χ1) is 8.24. The van der Waals surface area contributed by atoms with Crippen molar-refractivity contribution in [2.24, 2.45) is 11.8 Å². The molecule has 0 aliphatic heterocycles. The lowest BCUT2D eigenvalue weighted by molar-refractivity contribution is 0.0923. The molecular weight excluding hydrogens is 214 g/mol. The Bertz CT molecular complexity index is 446. The van der Waals surface area contributed by atoms with Crippen LogP contribution >= 0.6 is 0 Å². The van der Waals surface area contributed by atoms with Crippen LogP contribution in [0.4, 0.5) is 5.82 Å². The van der Waals surface area contributed by atoms with Crippen molar-refractivity contribution in [1.29, 1.82) is 0 Å². The molecule has 2 fully saturated rings. The van der Waals surface area contributed by atoms with Gasteiger partial charge in [0.2, 0.25) is 0 Å². The third kappa shape index (κ3) is 1.88. The monoisotopic (exact) mass is 231 g/mol. The molecule has 2 aliphatic rings. The van der Waals surface area contributed by atoms with E-state index in [1.165, 1.54) is 19.3 Å². The minimum atomic E-state index is -0.0758. The molecule has 0 aromatic carbocycles. The van der Waals surface area contributed by atoms with Crippen molar-refractivity contribution in [3.8, 4) is 0 Å². The van der Waals surface area contributed by atoms with Gasteiger partial charge in [-0.15, -0.1) is 0 Å². The molecule has 3 N–H and O–H groups in total. The molecular formula is C13H17N3O. The second-order valence-corrected chi connectivity index (χ2v) is 5.19. The predicted molar refractivity (Wildman–Crippen MR) is 65.4 cm³/mol. The van der Waals surface area contributed by atoms with Gasteiger partial charge in [-0.05, 0) is 43.2 Å². The summed E-state index contributed by atoms with van der Waals surface area (Å²) in [7, 11) is 0. The van der Waals surface area contributed by atoms with E-state index in [1.54, 1.807) is 18.3 Å². The number of nitrogens with one attached hydrogen (secondary N) is 1. The maximum Gasteiger partial charge on any atom is 0.255 e. The van der Waals surface area contributed by atoms with Crippen LogP contribution in [0.3, 0.4) is 0 Å². The first kappa shape index (κ1) is 10.6. The van der Waals surface area contributed by atoms with Crippen molar-refractivity contribution in [3.63, 3.8) is 0 Å². The molecule has 0 radical (unpaired) electrons. The van der Waals surface area contributed by atoms with Gasteiger partial charge in [0.1, 0.15) is 5.82 Å². The summed E-state index contributed by atoms with van der Waals surface area (Å²) < 4.78 is 0. The first-order valence-electron chi connectivity index (χ1n) is 6.25. The molecule has 0 saturated heterocycles. The molecule has 1 aromatic heterocycles. The van der Waals surface area contributed by atoms with Gasteiger partial charge in [0.25, 0.3) is 5.91 Å². The largest absolute Gasteiger partial charge is 0.383 e. The minimum absolute atomic E-state index is 0.0758. The zero-order valence-electron chi connectivity index (χ0n) is 9.73. The van der Waals surface area contributed by atoms with Gasteiger partial charge in [-0.1, -0.05) is 6.42 Å². The second-order valence-electron chi connectivity index (χ2n) is 5.19. The van der Waals surface area contributed by atoms with E-state index in [1.807, 2.05) is 0 Å². The van der Waals surface area contributed by atoms with Gasteiger partial charge in [0.05, 0.1) is 5.56 Å². The van der Waals surface area contributed by atoms with Crippen molar-refractivity contribution >= 4 is 11.7 Å². The summed E-state index contributed by atoms with van der Waals surface area (Å²) >= 11 is 0. The van der Waals surface area contributed by atoms with E-state index in [-0.39, 0.29) is 5.91 Å². The normalized spacial score (nSPS) is 30.5. The third-order valence-corrected chi connectivity index (χ3v) is 4.14. The molecule has 4 nitrogen and oxygen atoms in total. The number of carbonyl (C=O) groups is 1. The first-order valence-corrected chi connectivity index (χ1v) is 6.25. The van der Waals surface area contributed by atoms with Crippen molar-refractivity contribution in [2.45, 2.75) is 31.7 Å². The maximum atomic E-state index is 12.1. The molecule has 1 amide bonds. The smallest absolute Gasteiger partial charge is 0.255 e. The molecule has 17 heavy (non-hydrogen) atoms. The molecule has 2 bridgehead atoms. The number of nitrogens with zero attached hydrogens (tertiary/aromatic N) is 1. The van der Waals surface area contributed by atoms with Crippen LogP contribution in [-0.2, 0) is 0 Å². The fourth-order valence-corrected chi connectivity index (χ4v) is 3.28. The van der Waals surface area contributed by atoms with Gasteiger partial charge in [-0.3, -0.25) is 4.79 Å². The standard InChI is InChI=1S/C13H17N3O/c14-12-10(2-1-5-15-12)13(17)16-11-7-8-3-4-9(11)6-8/h1-2,5,8-9,11H,3-4,6-7H2,(H2,14,15)(H,16,17). The summed E-state index contributed by atoms with van der Waals surface area (Å²) in [5, 5.41) is 3.11. The Morgan fingerprint density at radius 2 is 2.29 bits per heavy atom. The van der Waals surface area contributed by atoms with Crippen LogP contribution in [0.5, 0.6) is 0 Å². The van der Waals surface area contributed by atoms with E-state index < -0.39 is 0 Å². The molecule has 3 rings (SSSR count). The number of nitrogen functional groups attached to an aromatic ring is 1. The van der Waals surface area contributed by atoms with Crippen LogP contribution in [0.1, 0.15) is 36.0 Å². The van der Waals surface area contributed by atoms with E-state index in [0.717, 1.165) is 12.3 Å². The highest BCUT2D eigenvalue weighted by Crippen LogP contribution is 2.44. The van der Waals surface area contributed by atoms with Crippen LogP contribution in [0.15, 0.2) is 18.3 Å². The average molecular weight is 231 g/mol. The van der Waals surface area contributed by atoms with Crippen LogP contribution < -0.4 is 11.1 Å². The molecule has 3 unspecified atom stereocenters. The quantitative estimate of drug-likeness (QED) is 0.812. The van der Waals surface area contributed by atoms with E-state index in [2.05, 4.69) is 10.3 Å². The highest BCUT2D eigenvalue weighted by atomic mass is 16.1. The summed E-state index contributed by atoms with van der Waals surface area (Å²) in [6, 6.07) is 3.82. The lowest BCUT2D eigenvalue weighted by atomic mass is 9.95. The van der Waals surface area contributed by atoms with E-state index >= 15 is 0 Å². The number of carbonyl (C=O) groups excluding carboxylic acids is 1. The SMILES string of the molecule is Nc1ncccc1C(=O)NC1CC2CCC1C2. The number of hydrogen-bond donors (Lipinski definition) is 2. The Balaban J connectivity index is 1.70.